The number of rotatable bonds is 7. The minimum Gasteiger partial charge on any atom is -0.508 e. The van der Waals surface area contributed by atoms with Crippen molar-refractivity contribution in [2.75, 3.05) is 13.2 Å². The van der Waals surface area contributed by atoms with Crippen molar-refractivity contribution in [3.63, 3.8) is 0 Å². The number of phenols is 1. The van der Waals surface area contributed by atoms with Crippen LogP contribution in [0.1, 0.15) is 52.6 Å². The molecule has 8 rings (SSSR count). The van der Waals surface area contributed by atoms with Crippen LogP contribution in [0.5, 0.6) is 5.75 Å². The van der Waals surface area contributed by atoms with Crippen LogP contribution in [0, 0.1) is 5.92 Å². The molecule has 4 heteroatoms. The molecule has 3 atom stereocenters. The number of phenolic OH excluding ortho intramolecular Hbond substituents is 1. The minimum atomic E-state index is -0.143. The lowest BCUT2D eigenvalue weighted by Gasteiger charge is -2.20. The molecule has 6 aromatic rings. The second-order valence-corrected chi connectivity index (χ2v) is 11.1. The van der Waals surface area contributed by atoms with Crippen molar-refractivity contribution in [3.8, 4) is 5.75 Å². The first-order valence-corrected chi connectivity index (χ1v) is 13.8. The van der Waals surface area contributed by atoms with Crippen LogP contribution in [-0.2, 0) is 15.9 Å². The summed E-state index contributed by atoms with van der Waals surface area (Å²) in [7, 11) is 0. The van der Waals surface area contributed by atoms with E-state index in [0.29, 0.717) is 12.0 Å². The molecule has 0 radical (unpaired) electrons. The van der Waals surface area contributed by atoms with Crippen molar-refractivity contribution in [3.05, 3.63) is 101 Å². The van der Waals surface area contributed by atoms with Gasteiger partial charge in [0.05, 0.1) is 13.2 Å². The molecular weight excluding hydrogens is 484 g/mol. The predicted molar refractivity (Wildman–Crippen MR) is 155 cm³/mol. The van der Waals surface area contributed by atoms with Gasteiger partial charge in [0.1, 0.15) is 18.0 Å². The van der Waals surface area contributed by atoms with Gasteiger partial charge >= 0.3 is 0 Å². The van der Waals surface area contributed by atoms with Gasteiger partial charge in [-0.2, -0.15) is 0 Å². The number of hydrogen-bond acceptors (Lipinski definition) is 4. The van der Waals surface area contributed by atoms with E-state index in [1.165, 1.54) is 54.2 Å². The summed E-state index contributed by atoms with van der Waals surface area (Å²) in [5.74, 6) is 0.147. The number of aromatic hydroxyl groups is 1. The molecule has 0 spiro atoms. The molecule has 2 fully saturated rings. The van der Waals surface area contributed by atoms with E-state index in [9.17, 15) is 9.90 Å². The second-order valence-electron chi connectivity index (χ2n) is 11.1. The summed E-state index contributed by atoms with van der Waals surface area (Å²) in [6.07, 6.45) is 1.69. The van der Waals surface area contributed by atoms with E-state index in [4.69, 9.17) is 9.47 Å². The van der Waals surface area contributed by atoms with Crippen LogP contribution >= 0.6 is 0 Å². The monoisotopic (exact) mass is 512 g/mol. The van der Waals surface area contributed by atoms with E-state index < -0.39 is 0 Å². The molecule has 0 aliphatic carbocycles. The Morgan fingerprint density at radius 2 is 1.44 bits per heavy atom. The third kappa shape index (κ3) is 3.63. The van der Waals surface area contributed by atoms with Gasteiger partial charge in [0, 0.05) is 11.5 Å². The first-order chi connectivity index (χ1) is 19.1. The molecular formula is C35H28O4. The zero-order chi connectivity index (χ0) is 26.2. The highest BCUT2D eigenvalue weighted by atomic mass is 16.6. The summed E-state index contributed by atoms with van der Waals surface area (Å²) in [6, 6.07) is 26.7. The third-order valence-corrected chi connectivity index (χ3v) is 8.68. The molecule has 0 bridgehead atoms. The standard InChI is InChI=1S/C35H28O4/c1-2-20(35(37)22-6-10-24(36)11-7-22)14-19-15-23-9-13-25(29-17-38-29)33-27-5-3-4-21-8-12-26(30-18-39-30)34(31(21)27)28(16-19)32(23)33/h3-13,15-16,20,29-30,36H,2,14,17-18H2,1H3. The lowest BCUT2D eigenvalue weighted by molar-refractivity contribution is 0.0916. The summed E-state index contributed by atoms with van der Waals surface area (Å²) in [6.45, 7) is 3.60. The summed E-state index contributed by atoms with van der Waals surface area (Å²) < 4.78 is 11.6. The number of carbonyl (C=O) groups excluding carboxylic acids is 1. The zero-order valence-electron chi connectivity index (χ0n) is 21.7. The molecule has 39 heavy (non-hydrogen) atoms. The van der Waals surface area contributed by atoms with Crippen LogP contribution in [0.15, 0.2) is 78.9 Å². The van der Waals surface area contributed by atoms with Crippen molar-refractivity contribution < 1.29 is 19.4 Å². The summed E-state index contributed by atoms with van der Waals surface area (Å²) in [5, 5.41) is 19.8. The lowest BCUT2D eigenvalue weighted by Crippen LogP contribution is -2.16. The molecule has 4 nitrogen and oxygen atoms in total. The van der Waals surface area contributed by atoms with Gasteiger partial charge in [-0.3, -0.25) is 4.79 Å². The average molecular weight is 513 g/mol. The molecule has 2 aliphatic heterocycles. The second kappa shape index (κ2) is 8.51. The normalized spacial score (nSPS) is 19.3. The largest absolute Gasteiger partial charge is 0.508 e. The van der Waals surface area contributed by atoms with E-state index in [1.807, 2.05) is 0 Å². The quantitative estimate of drug-likeness (QED) is 0.102. The number of epoxide rings is 2. The van der Waals surface area contributed by atoms with E-state index in [0.717, 1.165) is 25.2 Å². The number of ether oxygens (including phenoxy) is 2. The maximum atomic E-state index is 13.5. The van der Waals surface area contributed by atoms with E-state index >= 15 is 0 Å². The van der Waals surface area contributed by atoms with Gasteiger partial charge in [-0.25, -0.2) is 0 Å². The Kier molecular flexibility index (Phi) is 5.00. The molecule has 6 aromatic carbocycles. The molecule has 192 valence electrons. The minimum absolute atomic E-state index is 0.118. The Bertz CT molecular complexity index is 1910. The summed E-state index contributed by atoms with van der Waals surface area (Å²) in [4.78, 5) is 13.5. The Balaban J connectivity index is 1.38. The highest BCUT2D eigenvalue weighted by Gasteiger charge is 2.32. The maximum absolute atomic E-state index is 13.5. The van der Waals surface area contributed by atoms with Crippen LogP contribution in [0.4, 0.5) is 0 Å². The number of Topliss-reactive ketones (excluding diaryl/α,β-unsaturated/α-hetero) is 1. The third-order valence-electron chi connectivity index (χ3n) is 8.68. The van der Waals surface area contributed by atoms with E-state index in [2.05, 4.69) is 61.5 Å². The van der Waals surface area contributed by atoms with Crippen LogP contribution in [-0.4, -0.2) is 24.1 Å². The first-order valence-electron chi connectivity index (χ1n) is 13.8. The van der Waals surface area contributed by atoms with Gasteiger partial charge in [0.15, 0.2) is 5.78 Å². The average Bonchev–Trinajstić information content (AvgIpc) is 3.88. The van der Waals surface area contributed by atoms with E-state index in [1.54, 1.807) is 24.3 Å². The van der Waals surface area contributed by atoms with Crippen molar-refractivity contribution in [1.29, 1.82) is 0 Å². The Morgan fingerprint density at radius 3 is 2.10 bits per heavy atom. The van der Waals surface area contributed by atoms with Gasteiger partial charge in [-0.15, -0.1) is 0 Å². The van der Waals surface area contributed by atoms with Crippen molar-refractivity contribution >= 4 is 48.9 Å². The number of carbonyl (C=O) groups is 1. The molecule has 2 heterocycles. The number of ketones is 1. The molecule has 0 amide bonds. The first kappa shape index (κ1) is 22.9. The Labute approximate surface area is 226 Å². The number of fused-ring (bicyclic) bond motifs is 2. The van der Waals surface area contributed by atoms with Crippen LogP contribution in [0.2, 0.25) is 0 Å². The topological polar surface area (TPSA) is 62.4 Å². The Morgan fingerprint density at radius 1 is 0.795 bits per heavy atom. The molecule has 1 N–H and O–H groups in total. The van der Waals surface area contributed by atoms with Crippen molar-refractivity contribution in [1.82, 2.24) is 0 Å². The van der Waals surface area contributed by atoms with Gasteiger partial charge in [0.25, 0.3) is 0 Å². The Hall–Kier alpha value is -3.99. The molecule has 0 aromatic heterocycles. The van der Waals surface area contributed by atoms with Crippen molar-refractivity contribution in [2.24, 2.45) is 5.92 Å². The van der Waals surface area contributed by atoms with Gasteiger partial charge in [-0.1, -0.05) is 61.5 Å². The van der Waals surface area contributed by atoms with Crippen LogP contribution < -0.4 is 0 Å². The highest BCUT2D eigenvalue weighted by Crippen LogP contribution is 2.49. The van der Waals surface area contributed by atoms with E-state index in [-0.39, 0.29) is 29.7 Å². The zero-order valence-corrected chi connectivity index (χ0v) is 21.7. The van der Waals surface area contributed by atoms with Gasteiger partial charge in [-0.05, 0) is 96.9 Å². The van der Waals surface area contributed by atoms with Gasteiger partial charge < -0.3 is 14.6 Å². The molecule has 0 saturated carbocycles. The molecule has 2 aliphatic rings. The highest BCUT2D eigenvalue weighted by molar-refractivity contribution is 6.34. The predicted octanol–water partition coefficient (Wildman–Crippen LogP) is 8.04. The summed E-state index contributed by atoms with van der Waals surface area (Å²) in [5.41, 5.74) is 4.32. The SMILES string of the molecule is CCC(Cc1cc2ccc(C3CO3)c3c4cccc5ccc(C6CO6)c(c(c1)c23)c54)C(=O)c1ccc(O)cc1. The van der Waals surface area contributed by atoms with Gasteiger partial charge in [0.2, 0.25) is 0 Å². The molecule has 2 saturated heterocycles. The fraction of sp³-hybridized carbons (Fsp3) is 0.229. The van der Waals surface area contributed by atoms with Crippen molar-refractivity contribution in [2.45, 2.75) is 32.0 Å². The summed E-state index contributed by atoms with van der Waals surface area (Å²) >= 11 is 0. The maximum Gasteiger partial charge on any atom is 0.166 e. The van der Waals surface area contributed by atoms with Crippen LogP contribution in [0.25, 0.3) is 43.1 Å². The fourth-order valence-electron chi connectivity index (χ4n) is 6.60. The molecule has 3 unspecified atom stereocenters. The van der Waals surface area contributed by atoms with Crippen LogP contribution in [0.3, 0.4) is 0 Å². The fourth-order valence-corrected chi connectivity index (χ4v) is 6.60. The number of benzene rings is 6. The number of hydrogen-bond donors (Lipinski definition) is 1. The lowest BCUT2D eigenvalue weighted by atomic mass is 9.82. The smallest absolute Gasteiger partial charge is 0.166 e.